The molecule has 0 aliphatic carbocycles. The Labute approximate surface area is 120 Å². The van der Waals surface area contributed by atoms with Crippen molar-refractivity contribution in [3.63, 3.8) is 0 Å². The van der Waals surface area contributed by atoms with E-state index in [9.17, 15) is 4.79 Å². The van der Waals surface area contributed by atoms with Crippen LogP contribution in [0.25, 0.3) is 0 Å². The molecule has 0 aromatic carbocycles. The van der Waals surface area contributed by atoms with Crippen molar-refractivity contribution in [1.82, 2.24) is 15.3 Å². The number of anilines is 2. The lowest BCUT2D eigenvalue weighted by Crippen LogP contribution is -2.26. The van der Waals surface area contributed by atoms with Crippen LogP contribution >= 0.6 is 0 Å². The summed E-state index contributed by atoms with van der Waals surface area (Å²) >= 11 is 0. The fraction of sp³-hybridized carbons (Fsp3) is 0.643. The maximum atomic E-state index is 11.5. The molecule has 0 saturated carbocycles. The fourth-order valence-electron chi connectivity index (χ4n) is 2.22. The molecule has 1 aliphatic rings. The molecule has 6 heteroatoms. The molecule has 1 aromatic heterocycles. The molecule has 0 atom stereocenters. The summed E-state index contributed by atoms with van der Waals surface area (Å²) in [5.74, 6) is 1.83. The van der Waals surface area contributed by atoms with E-state index < -0.39 is 0 Å². The Kier molecular flexibility index (Phi) is 5.58. The van der Waals surface area contributed by atoms with Gasteiger partial charge in [-0.3, -0.25) is 4.79 Å². The van der Waals surface area contributed by atoms with Crippen LogP contribution in [0.3, 0.4) is 0 Å². The number of nitrogens with one attached hydrogen (secondary N) is 2. The van der Waals surface area contributed by atoms with Crippen molar-refractivity contribution in [1.29, 1.82) is 0 Å². The lowest BCUT2D eigenvalue weighted by molar-refractivity contribution is -0.120. The number of hydrogen-bond acceptors (Lipinski definition) is 5. The molecule has 2 rings (SSSR count). The molecule has 2 heterocycles. The lowest BCUT2D eigenvalue weighted by atomic mass is 10.3. The molecule has 0 spiro atoms. The number of rotatable bonds is 7. The Hall–Kier alpha value is -1.85. The van der Waals surface area contributed by atoms with Crippen LogP contribution < -0.4 is 15.5 Å². The van der Waals surface area contributed by atoms with Gasteiger partial charge in [0.25, 0.3) is 0 Å². The second-order valence-electron chi connectivity index (χ2n) is 4.98. The van der Waals surface area contributed by atoms with Crippen LogP contribution in [0.2, 0.25) is 0 Å². The molecule has 0 radical (unpaired) electrons. The van der Waals surface area contributed by atoms with E-state index in [1.807, 2.05) is 13.0 Å². The van der Waals surface area contributed by atoms with E-state index in [0.717, 1.165) is 37.7 Å². The highest BCUT2D eigenvalue weighted by Crippen LogP contribution is 2.19. The third-order valence-corrected chi connectivity index (χ3v) is 3.31. The first-order valence-corrected chi connectivity index (χ1v) is 7.37. The summed E-state index contributed by atoms with van der Waals surface area (Å²) in [6, 6.07) is 1.95. The van der Waals surface area contributed by atoms with Crippen LogP contribution in [0.1, 0.15) is 32.6 Å². The van der Waals surface area contributed by atoms with Gasteiger partial charge in [0.1, 0.15) is 18.0 Å². The van der Waals surface area contributed by atoms with Crippen LogP contribution in [-0.2, 0) is 4.79 Å². The standard InChI is InChI=1S/C14H23N5O/c1-2-6-16-14(20)5-7-15-12-10-13(18-11-17-12)19-8-3-4-9-19/h10-11H,2-9H2,1H3,(H,16,20)(H,15,17,18). The normalized spacial score (nSPS) is 14.3. The van der Waals surface area contributed by atoms with Gasteiger partial charge in [-0.25, -0.2) is 9.97 Å². The molecule has 0 unspecified atom stereocenters. The van der Waals surface area contributed by atoms with E-state index in [1.54, 1.807) is 6.33 Å². The van der Waals surface area contributed by atoms with Crippen LogP contribution in [-0.4, -0.2) is 42.1 Å². The summed E-state index contributed by atoms with van der Waals surface area (Å²) < 4.78 is 0. The van der Waals surface area contributed by atoms with E-state index in [-0.39, 0.29) is 5.91 Å². The number of carbonyl (C=O) groups is 1. The van der Waals surface area contributed by atoms with Crippen molar-refractivity contribution in [2.75, 3.05) is 36.4 Å². The Morgan fingerprint density at radius 1 is 1.30 bits per heavy atom. The van der Waals surface area contributed by atoms with Crippen molar-refractivity contribution in [2.24, 2.45) is 0 Å². The summed E-state index contributed by atoms with van der Waals surface area (Å²) in [4.78, 5) is 22.2. The van der Waals surface area contributed by atoms with Crippen LogP contribution in [0.4, 0.5) is 11.6 Å². The SMILES string of the molecule is CCCNC(=O)CCNc1cc(N2CCCC2)ncn1. The molecule has 1 amide bonds. The minimum absolute atomic E-state index is 0.0770. The summed E-state index contributed by atoms with van der Waals surface area (Å²) in [5.41, 5.74) is 0. The van der Waals surface area contributed by atoms with Crippen molar-refractivity contribution in [2.45, 2.75) is 32.6 Å². The minimum Gasteiger partial charge on any atom is -0.369 e. The van der Waals surface area contributed by atoms with Gasteiger partial charge in [-0.05, 0) is 19.3 Å². The number of hydrogen-bond donors (Lipinski definition) is 2. The monoisotopic (exact) mass is 277 g/mol. The van der Waals surface area contributed by atoms with Gasteiger partial charge in [0.2, 0.25) is 5.91 Å². The highest BCUT2D eigenvalue weighted by molar-refractivity contribution is 5.76. The Bertz CT molecular complexity index is 431. The van der Waals surface area contributed by atoms with Crippen LogP contribution in [0, 0.1) is 0 Å². The van der Waals surface area contributed by atoms with E-state index >= 15 is 0 Å². The fourth-order valence-corrected chi connectivity index (χ4v) is 2.22. The first-order chi connectivity index (χ1) is 9.79. The van der Waals surface area contributed by atoms with Crippen molar-refractivity contribution >= 4 is 17.5 Å². The number of aromatic nitrogens is 2. The second kappa shape index (κ2) is 7.67. The molecule has 1 fully saturated rings. The average Bonchev–Trinajstić information content (AvgIpc) is 3.00. The highest BCUT2D eigenvalue weighted by atomic mass is 16.1. The first kappa shape index (κ1) is 14.6. The highest BCUT2D eigenvalue weighted by Gasteiger charge is 2.13. The summed E-state index contributed by atoms with van der Waals surface area (Å²) in [6.45, 7) is 5.50. The Balaban J connectivity index is 1.78. The summed E-state index contributed by atoms with van der Waals surface area (Å²) in [5, 5.41) is 6.03. The van der Waals surface area contributed by atoms with Crippen LogP contribution in [0.15, 0.2) is 12.4 Å². The zero-order chi connectivity index (χ0) is 14.2. The van der Waals surface area contributed by atoms with Gasteiger partial charge in [0.15, 0.2) is 0 Å². The largest absolute Gasteiger partial charge is 0.369 e. The molecule has 1 aromatic rings. The summed E-state index contributed by atoms with van der Waals surface area (Å²) in [7, 11) is 0. The first-order valence-electron chi connectivity index (χ1n) is 7.37. The third kappa shape index (κ3) is 4.36. The third-order valence-electron chi connectivity index (χ3n) is 3.31. The maximum absolute atomic E-state index is 11.5. The Morgan fingerprint density at radius 3 is 2.85 bits per heavy atom. The number of carbonyl (C=O) groups excluding carboxylic acids is 1. The second-order valence-corrected chi connectivity index (χ2v) is 4.98. The summed E-state index contributed by atoms with van der Waals surface area (Å²) in [6.07, 6.45) is 5.45. The van der Waals surface area contributed by atoms with Gasteiger partial charge in [-0.1, -0.05) is 6.92 Å². The maximum Gasteiger partial charge on any atom is 0.221 e. The number of amides is 1. The molecule has 20 heavy (non-hydrogen) atoms. The lowest BCUT2D eigenvalue weighted by Gasteiger charge is -2.16. The molecular formula is C14H23N5O. The van der Waals surface area contributed by atoms with Crippen molar-refractivity contribution in [3.05, 3.63) is 12.4 Å². The molecule has 6 nitrogen and oxygen atoms in total. The van der Waals surface area contributed by atoms with Gasteiger partial charge in [0.05, 0.1) is 0 Å². The van der Waals surface area contributed by atoms with E-state index in [4.69, 9.17) is 0 Å². The predicted octanol–water partition coefficient (Wildman–Crippen LogP) is 1.40. The number of nitrogens with zero attached hydrogens (tertiary/aromatic N) is 3. The molecule has 2 N–H and O–H groups in total. The Morgan fingerprint density at radius 2 is 2.10 bits per heavy atom. The van der Waals surface area contributed by atoms with Crippen molar-refractivity contribution in [3.8, 4) is 0 Å². The molecule has 0 bridgehead atoms. The van der Waals surface area contributed by atoms with Crippen molar-refractivity contribution < 1.29 is 4.79 Å². The molecule has 110 valence electrons. The van der Waals surface area contributed by atoms with Gasteiger partial charge in [-0.2, -0.15) is 0 Å². The topological polar surface area (TPSA) is 70.2 Å². The molecule has 1 aliphatic heterocycles. The van der Waals surface area contributed by atoms with Gasteiger partial charge in [-0.15, -0.1) is 0 Å². The van der Waals surface area contributed by atoms with E-state index in [0.29, 0.717) is 13.0 Å². The average molecular weight is 277 g/mol. The predicted molar refractivity (Wildman–Crippen MR) is 79.9 cm³/mol. The molecule has 1 saturated heterocycles. The van der Waals surface area contributed by atoms with Gasteiger partial charge >= 0.3 is 0 Å². The van der Waals surface area contributed by atoms with Gasteiger partial charge in [0, 0.05) is 38.7 Å². The zero-order valence-corrected chi connectivity index (χ0v) is 12.1. The van der Waals surface area contributed by atoms with E-state index in [1.165, 1.54) is 12.8 Å². The zero-order valence-electron chi connectivity index (χ0n) is 12.1. The van der Waals surface area contributed by atoms with E-state index in [2.05, 4.69) is 25.5 Å². The minimum atomic E-state index is 0.0770. The van der Waals surface area contributed by atoms with Crippen LogP contribution in [0.5, 0.6) is 0 Å². The quantitative estimate of drug-likeness (QED) is 0.788. The van der Waals surface area contributed by atoms with Gasteiger partial charge < -0.3 is 15.5 Å². The smallest absolute Gasteiger partial charge is 0.221 e. The molecular weight excluding hydrogens is 254 g/mol.